The molecule has 1 heterocycles. The minimum atomic E-state index is -1.12. The number of amides is 1. The van der Waals surface area contributed by atoms with Gasteiger partial charge in [-0.2, -0.15) is 0 Å². The van der Waals surface area contributed by atoms with Gasteiger partial charge >= 0.3 is 5.97 Å². The molecule has 2 aromatic rings. The van der Waals surface area contributed by atoms with E-state index in [0.29, 0.717) is 33.0 Å². The van der Waals surface area contributed by atoms with Crippen LogP contribution in [0.3, 0.4) is 0 Å². The topological polar surface area (TPSA) is 102 Å². The van der Waals surface area contributed by atoms with Crippen LogP contribution in [0.4, 0.5) is 0 Å². The lowest BCUT2D eigenvalue weighted by Gasteiger charge is -2.43. The van der Waals surface area contributed by atoms with E-state index in [1.165, 1.54) is 19.9 Å². The first-order valence-corrected chi connectivity index (χ1v) is 10.1. The lowest BCUT2D eigenvalue weighted by Crippen LogP contribution is -2.53. The highest BCUT2D eigenvalue weighted by Gasteiger charge is 2.45. The van der Waals surface area contributed by atoms with Gasteiger partial charge in [-0.1, -0.05) is 17.7 Å². The van der Waals surface area contributed by atoms with Crippen LogP contribution in [0.15, 0.2) is 36.4 Å². The molecule has 0 aliphatic carbocycles. The number of aliphatic hydroxyl groups excluding tert-OH is 1. The summed E-state index contributed by atoms with van der Waals surface area (Å²) in [5.74, 6) is -0.781. The van der Waals surface area contributed by atoms with Crippen molar-refractivity contribution in [1.29, 1.82) is 0 Å². The van der Waals surface area contributed by atoms with Gasteiger partial charge in [0, 0.05) is 34.2 Å². The number of fused-ring (bicyclic) bond motifs is 1. The largest absolute Gasteiger partial charge is 0.484 e. The predicted octanol–water partition coefficient (Wildman–Crippen LogP) is 3.61. The summed E-state index contributed by atoms with van der Waals surface area (Å²) in [5, 5.41) is 14.2. The Labute approximate surface area is 185 Å². The number of esters is 1. The molecule has 2 N–H and O–H groups in total. The predicted molar refractivity (Wildman–Crippen MR) is 114 cm³/mol. The van der Waals surface area contributed by atoms with Gasteiger partial charge in [0.15, 0.2) is 5.78 Å². The van der Waals surface area contributed by atoms with Crippen LogP contribution in [0.2, 0.25) is 5.02 Å². The molecule has 0 unspecified atom stereocenters. The van der Waals surface area contributed by atoms with Crippen LogP contribution < -0.4 is 10.1 Å². The third kappa shape index (κ3) is 4.89. The highest BCUT2D eigenvalue weighted by Crippen LogP contribution is 2.43. The van der Waals surface area contributed by atoms with Crippen molar-refractivity contribution in [3.05, 3.63) is 63.7 Å². The third-order valence-corrected chi connectivity index (χ3v) is 5.37. The Morgan fingerprint density at radius 1 is 1.16 bits per heavy atom. The molecule has 0 saturated heterocycles. The number of aliphatic hydroxyl groups is 1. The van der Waals surface area contributed by atoms with E-state index in [9.17, 15) is 19.5 Å². The average Bonchev–Trinajstić information content (AvgIpc) is 2.69. The molecule has 0 bridgehead atoms. The van der Waals surface area contributed by atoms with Crippen LogP contribution in [-0.4, -0.2) is 34.5 Å². The van der Waals surface area contributed by atoms with E-state index < -0.39 is 29.6 Å². The van der Waals surface area contributed by atoms with Gasteiger partial charge in [-0.25, -0.2) is 0 Å². The Kier molecular flexibility index (Phi) is 6.38. The SMILES string of the molecule is CC(=O)OCc1cc(C(C)=O)cc2c1OC(C)(C)[C@@H](O)[C@H]2NC(=O)c1cccc(Cl)c1. The summed E-state index contributed by atoms with van der Waals surface area (Å²) in [5.41, 5.74) is 0.505. The van der Waals surface area contributed by atoms with E-state index >= 15 is 0 Å². The molecule has 0 aromatic heterocycles. The fraction of sp³-hybridized carbons (Fsp3) is 0.348. The fourth-order valence-electron chi connectivity index (χ4n) is 3.46. The molecule has 2 aromatic carbocycles. The molecule has 1 amide bonds. The zero-order chi connectivity index (χ0) is 22.9. The lowest BCUT2D eigenvalue weighted by molar-refractivity contribution is -0.142. The number of ketones is 1. The molecule has 0 radical (unpaired) electrons. The van der Waals surface area contributed by atoms with Gasteiger partial charge in [0.25, 0.3) is 5.91 Å². The molecule has 7 nitrogen and oxygen atoms in total. The Morgan fingerprint density at radius 3 is 2.48 bits per heavy atom. The monoisotopic (exact) mass is 445 g/mol. The second-order valence-electron chi connectivity index (χ2n) is 8.00. The molecule has 3 rings (SSSR count). The van der Waals surface area contributed by atoms with Crippen LogP contribution in [0.5, 0.6) is 5.75 Å². The molecule has 31 heavy (non-hydrogen) atoms. The number of hydrogen-bond donors (Lipinski definition) is 2. The Hall–Kier alpha value is -2.90. The average molecular weight is 446 g/mol. The fourth-order valence-corrected chi connectivity index (χ4v) is 3.65. The van der Waals surface area contributed by atoms with E-state index in [-0.39, 0.29) is 12.4 Å². The van der Waals surface area contributed by atoms with Crippen molar-refractivity contribution in [2.24, 2.45) is 0 Å². The minimum absolute atomic E-state index is 0.111. The maximum absolute atomic E-state index is 12.9. The molecular formula is C23H24ClNO6. The van der Waals surface area contributed by atoms with E-state index in [2.05, 4.69) is 5.32 Å². The summed E-state index contributed by atoms with van der Waals surface area (Å²) >= 11 is 6.00. The zero-order valence-corrected chi connectivity index (χ0v) is 18.4. The summed E-state index contributed by atoms with van der Waals surface area (Å²) in [6, 6.07) is 8.73. The number of rotatable bonds is 5. The molecular weight excluding hydrogens is 422 g/mol. The van der Waals surface area contributed by atoms with Crippen molar-refractivity contribution in [2.75, 3.05) is 0 Å². The van der Waals surface area contributed by atoms with Crippen molar-refractivity contribution in [3.8, 4) is 5.75 Å². The first kappa shape index (κ1) is 22.8. The number of halogens is 1. The van der Waals surface area contributed by atoms with E-state index in [1.54, 1.807) is 44.2 Å². The Morgan fingerprint density at radius 2 is 1.87 bits per heavy atom. The van der Waals surface area contributed by atoms with Crippen LogP contribution in [0.1, 0.15) is 65.6 Å². The second-order valence-corrected chi connectivity index (χ2v) is 8.44. The third-order valence-electron chi connectivity index (χ3n) is 5.13. The van der Waals surface area contributed by atoms with Crippen LogP contribution in [-0.2, 0) is 16.1 Å². The number of benzene rings is 2. The van der Waals surface area contributed by atoms with Gasteiger partial charge in [-0.05, 0) is 51.1 Å². The molecule has 0 saturated carbocycles. The van der Waals surface area contributed by atoms with Gasteiger partial charge in [0.2, 0.25) is 0 Å². The number of ether oxygens (including phenoxy) is 2. The number of carbonyl (C=O) groups is 3. The minimum Gasteiger partial charge on any atom is -0.484 e. The van der Waals surface area contributed by atoms with Crippen molar-refractivity contribution < 1.29 is 29.0 Å². The number of nitrogens with one attached hydrogen (secondary N) is 1. The number of Topliss-reactive ketones (excluding diaryl/α,β-unsaturated/α-hetero) is 1. The first-order chi connectivity index (χ1) is 14.5. The molecule has 164 valence electrons. The first-order valence-electron chi connectivity index (χ1n) is 9.74. The maximum Gasteiger partial charge on any atom is 0.302 e. The van der Waals surface area contributed by atoms with Crippen molar-refractivity contribution in [2.45, 2.75) is 52.0 Å². The summed E-state index contributed by atoms with van der Waals surface area (Å²) < 4.78 is 11.2. The van der Waals surface area contributed by atoms with Crippen LogP contribution >= 0.6 is 11.6 Å². The quantitative estimate of drug-likeness (QED) is 0.538. The van der Waals surface area contributed by atoms with Gasteiger partial charge in [0.05, 0.1) is 6.04 Å². The molecule has 8 heteroatoms. The van der Waals surface area contributed by atoms with Crippen LogP contribution in [0, 0.1) is 0 Å². The van der Waals surface area contributed by atoms with Gasteiger partial charge in [-0.15, -0.1) is 0 Å². The standard InChI is InChI=1S/C23H24ClNO6/c1-12(26)15-8-16(11-30-13(2)27)20-18(10-15)19(21(28)23(3,4)31-20)25-22(29)14-6-5-7-17(24)9-14/h5-10,19,21,28H,11H2,1-4H3,(H,25,29)/t19-,21-/m0/s1. The highest BCUT2D eigenvalue weighted by molar-refractivity contribution is 6.30. The zero-order valence-electron chi connectivity index (χ0n) is 17.7. The van der Waals surface area contributed by atoms with E-state index in [4.69, 9.17) is 21.1 Å². The van der Waals surface area contributed by atoms with Crippen LogP contribution in [0.25, 0.3) is 0 Å². The molecule has 0 spiro atoms. The maximum atomic E-state index is 12.9. The summed E-state index contributed by atoms with van der Waals surface area (Å²) in [6.07, 6.45) is -1.12. The van der Waals surface area contributed by atoms with Crippen molar-refractivity contribution >= 4 is 29.3 Å². The Balaban J connectivity index is 2.09. The van der Waals surface area contributed by atoms with Gasteiger partial charge in [0.1, 0.15) is 24.1 Å². The van der Waals surface area contributed by atoms with Gasteiger partial charge in [-0.3, -0.25) is 14.4 Å². The summed E-state index contributed by atoms with van der Waals surface area (Å²) in [7, 11) is 0. The van der Waals surface area contributed by atoms with Gasteiger partial charge < -0.3 is 19.9 Å². The van der Waals surface area contributed by atoms with Crippen molar-refractivity contribution in [1.82, 2.24) is 5.32 Å². The normalized spacial score (nSPS) is 19.0. The molecule has 1 aliphatic heterocycles. The van der Waals surface area contributed by atoms with Crippen molar-refractivity contribution in [3.63, 3.8) is 0 Å². The molecule has 2 atom stereocenters. The summed E-state index contributed by atoms with van der Waals surface area (Å²) in [6.45, 7) is 5.95. The second kappa shape index (κ2) is 8.69. The number of hydrogen-bond acceptors (Lipinski definition) is 6. The number of carbonyl (C=O) groups excluding carboxylic acids is 3. The van der Waals surface area contributed by atoms with E-state index in [0.717, 1.165) is 0 Å². The molecule has 1 aliphatic rings. The smallest absolute Gasteiger partial charge is 0.302 e. The molecule has 0 fully saturated rings. The highest BCUT2D eigenvalue weighted by atomic mass is 35.5. The van der Waals surface area contributed by atoms with E-state index in [1.807, 2.05) is 0 Å². The lowest BCUT2D eigenvalue weighted by atomic mass is 9.84. The summed E-state index contributed by atoms with van der Waals surface area (Å²) in [4.78, 5) is 36.3. The Bertz CT molecular complexity index is 1050.